The highest BCUT2D eigenvalue weighted by Gasteiger charge is 2.28. The molecule has 6 heteroatoms. The minimum absolute atomic E-state index is 0.0434. The first-order chi connectivity index (χ1) is 9.25. The molecule has 1 aromatic rings. The van der Waals surface area contributed by atoms with Crippen LogP contribution >= 0.6 is 23.2 Å². The van der Waals surface area contributed by atoms with Gasteiger partial charge in [0.1, 0.15) is 0 Å². The van der Waals surface area contributed by atoms with E-state index in [2.05, 4.69) is 5.32 Å². The van der Waals surface area contributed by atoms with Crippen LogP contribution in [0.5, 0.6) is 0 Å². The zero-order chi connectivity index (χ0) is 15.3. The van der Waals surface area contributed by atoms with E-state index in [1.54, 1.807) is 25.1 Å². The average molecular weight is 318 g/mol. The van der Waals surface area contributed by atoms with Crippen LogP contribution in [0.4, 0.5) is 5.69 Å². The Morgan fingerprint density at radius 2 is 1.90 bits per heavy atom. The number of aliphatic carboxylic acids is 1. The number of halogens is 2. The second kappa shape index (κ2) is 6.95. The van der Waals surface area contributed by atoms with E-state index in [0.717, 1.165) is 0 Å². The topological polar surface area (TPSA) is 66.4 Å². The van der Waals surface area contributed by atoms with E-state index in [1.807, 2.05) is 6.92 Å². The molecule has 20 heavy (non-hydrogen) atoms. The monoisotopic (exact) mass is 317 g/mol. The van der Waals surface area contributed by atoms with Gasteiger partial charge in [0.2, 0.25) is 5.91 Å². The molecule has 0 aromatic heterocycles. The van der Waals surface area contributed by atoms with Gasteiger partial charge in [-0.2, -0.15) is 0 Å². The van der Waals surface area contributed by atoms with Gasteiger partial charge in [0, 0.05) is 12.1 Å². The molecule has 1 rings (SSSR count). The standard InChI is InChI=1S/C14H17Cl2NO3/c1-3-14(2,8-13(19)20)7-12(18)17-9-4-5-10(15)11(16)6-9/h4-6H,3,7-8H2,1-2H3,(H,17,18)(H,19,20). The number of rotatable bonds is 6. The summed E-state index contributed by atoms with van der Waals surface area (Å²) >= 11 is 11.7. The molecule has 0 aliphatic carbocycles. The van der Waals surface area contributed by atoms with Crippen LogP contribution in [0.1, 0.15) is 33.1 Å². The predicted octanol–water partition coefficient (Wildman–Crippen LogP) is 4.21. The SMILES string of the molecule is CCC(C)(CC(=O)O)CC(=O)Nc1ccc(Cl)c(Cl)c1. The third-order valence-corrected chi connectivity index (χ3v) is 3.96. The first kappa shape index (κ1) is 16.8. The molecule has 1 amide bonds. The molecule has 1 unspecified atom stereocenters. The third kappa shape index (κ3) is 5.02. The minimum Gasteiger partial charge on any atom is -0.481 e. The van der Waals surface area contributed by atoms with E-state index in [0.29, 0.717) is 22.2 Å². The summed E-state index contributed by atoms with van der Waals surface area (Å²) in [7, 11) is 0. The highest BCUT2D eigenvalue weighted by Crippen LogP contribution is 2.31. The smallest absolute Gasteiger partial charge is 0.303 e. The van der Waals surface area contributed by atoms with Crippen molar-refractivity contribution in [1.29, 1.82) is 0 Å². The van der Waals surface area contributed by atoms with Crippen LogP contribution in [-0.4, -0.2) is 17.0 Å². The summed E-state index contributed by atoms with van der Waals surface area (Å²) in [6.45, 7) is 3.66. The highest BCUT2D eigenvalue weighted by molar-refractivity contribution is 6.42. The Balaban J connectivity index is 2.70. The molecule has 0 heterocycles. The van der Waals surface area contributed by atoms with E-state index < -0.39 is 11.4 Å². The molecule has 0 radical (unpaired) electrons. The fraction of sp³-hybridized carbons (Fsp3) is 0.429. The van der Waals surface area contributed by atoms with Crippen molar-refractivity contribution < 1.29 is 14.7 Å². The van der Waals surface area contributed by atoms with Gasteiger partial charge < -0.3 is 10.4 Å². The summed E-state index contributed by atoms with van der Waals surface area (Å²) in [6.07, 6.45) is 0.697. The van der Waals surface area contributed by atoms with Gasteiger partial charge in [0.05, 0.1) is 16.5 Å². The maximum absolute atomic E-state index is 12.0. The molecule has 0 saturated carbocycles. The average Bonchev–Trinajstić information content (AvgIpc) is 2.32. The Hall–Kier alpha value is -1.26. The number of carbonyl (C=O) groups excluding carboxylic acids is 1. The van der Waals surface area contributed by atoms with E-state index >= 15 is 0 Å². The third-order valence-electron chi connectivity index (χ3n) is 3.22. The van der Waals surface area contributed by atoms with E-state index in [-0.39, 0.29) is 18.7 Å². The maximum Gasteiger partial charge on any atom is 0.303 e. The molecule has 0 fully saturated rings. The normalized spacial score (nSPS) is 13.6. The Bertz CT molecular complexity index is 519. The Morgan fingerprint density at radius 3 is 2.40 bits per heavy atom. The number of hydrogen-bond acceptors (Lipinski definition) is 2. The Morgan fingerprint density at radius 1 is 1.25 bits per heavy atom. The van der Waals surface area contributed by atoms with Gasteiger partial charge in [-0.25, -0.2) is 0 Å². The zero-order valence-corrected chi connectivity index (χ0v) is 12.9. The first-order valence-electron chi connectivity index (χ1n) is 6.22. The highest BCUT2D eigenvalue weighted by atomic mass is 35.5. The van der Waals surface area contributed by atoms with Gasteiger partial charge >= 0.3 is 5.97 Å². The number of carboxylic acids is 1. The van der Waals surface area contributed by atoms with Gasteiger partial charge in [-0.3, -0.25) is 9.59 Å². The maximum atomic E-state index is 12.0. The quantitative estimate of drug-likeness (QED) is 0.825. The second-order valence-corrected chi connectivity index (χ2v) is 5.90. The van der Waals surface area contributed by atoms with Crippen molar-refractivity contribution >= 4 is 40.8 Å². The summed E-state index contributed by atoms with van der Waals surface area (Å²) in [5.41, 5.74) is -0.0234. The molecule has 110 valence electrons. The molecule has 0 saturated heterocycles. The lowest BCUT2D eigenvalue weighted by molar-refractivity contribution is -0.140. The van der Waals surface area contributed by atoms with Crippen LogP contribution in [0, 0.1) is 5.41 Å². The number of carbonyl (C=O) groups is 2. The van der Waals surface area contributed by atoms with Crippen molar-refractivity contribution in [3.8, 4) is 0 Å². The second-order valence-electron chi connectivity index (χ2n) is 5.09. The van der Waals surface area contributed by atoms with Gasteiger partial charge in [-0.05, 0) is 30.0 Å². The van der Waals surface area contributed by atoms with E-state index in [4.69, 9.17) is 28.3 Å². The van der Waals surface area contributed by atoms with Gasteiger partial charge in [0.25, 0.3) is 0 Å². The van der Waals surface area contributed by atoms with Crippen LogP contribution < -0.4 is 5.32 Å². The molecule has 0 aliphatic heterocycles. The van der Waals surface area contributed by atoms with Crippen molar-refractivity contribution in [2.45, 2.75) is 33.1 Å². The lowest BCUT2D eigenvalue weighted by Gasteiger charge is -2.25. The van der Waals surface area contributed by atoms with Crippen molar-refractivity contribution in [1.82, 2.24) is 0 Å². The molecule has 0 bridgehead atoms. The summed E-state index contributed by atoms with van der Waals surface area (Å²) < 4.78 is 0. The zero-order valence-electron chi connectivity index (χ0n) is 11.4. The van der Waals surface area contributed by atoms with Crippen molar-refractivity contribution in [2.75, 3.05) is 5.32 Å². The molecular weight excluding hydrogens is 301 g/mol. The predicted molar refractivity (Wildman–Crippen MR) is 80.4 cm³/mol. The van der Waals surface area contributed by atoms with Crippen LogP contribution in [0.2, 0.25) is 10.0 Å². The van der Waals surface area contributed by atoms with Crippen LogP contribution in [0.3, 0.4) is 0 Å². The lowest BCUT2D eigenvalue weighted by atomic mass is 9.80. The number of anilines is 1. The molecule has 1 atom stereocenters. The van der Waals surface area contributed by atoms with Crippen molar-refractivity contribution in [3.63, 3.8) is 0 Å². The number of benzene rings is 1. The van der Waals surface area contributed by atoms with E-state index in [1.165, 1.54) is 0 Å². The van der Waals surface area contributed by atoms with Gasteiger partial charge in [-0.1, -0.05) is 37.0 Å². The van der Waals surface area contributed by atoms with E-state index in [9.17, 15) is 9.59 Å². The largest absolute Gasteiger partial charge is 0.481 e. The summed E-state index contributed by atoms with van der Waals surface area (Å²) in [4.78, 5) is 22.8. The fourth-order valence-corrected chi connectivity index (χ4v) is 2.14. The lowest BCUT2D eigenvalue weighted by Crippen LogP contribution is -2.27. The summed E-state index contributed by atoms with van der Waals surface area (Å²) in [6, 6.07) is 4.80. The Kier molecular flexibility index (Phi) is 5.84. The summed E-state index contributed by atoms with van der Waals surface area (Å²) in [5.74, 6) is -1.15. The fourth-order valence-electron chi connectivity index (χ4n) is 1.84. The Labute approximate surface area is 128 Å². The molecule has 0 aliphatic rings. The molecule has 4 nitrogen and oxygen atoms in total. The summed E-state index contributed by atoms with van der Waals surface area (Å²) in [5, 5.41) is 12.4. The molecule has 1 aromatic carbocycles. The number of carboxylic acid groups (broad SMARTS) is 1. The molecule has 0 spiro atoms. The van der Waals surface area contributed by atoms with Crippen LogP contribution in [-0.2, 0) is 9.59 Å². The number of amides is 1. The van der Waals surface area contributed by atoms with Crippen LogP contribution in [0.25, 0.3) is 0 Å². The number of nitrogens with one attached hydrogen (secondary N) is 1. The minimum atomic E-state index is -0.906. The first-order valence-corrected chi connectivity index (χ1v) is 6.98. The van der Waals surface area contributed by atoms with Gasteiger partial charge in [-0.15, -0.1) is 0 Å². The van der Waals surface area contributed by atoms with Crippen molar-refractivity contribution in [2.24, 2.45) is 5.41 Å². The van der Waals surface area contributed by atoms with Crippen LogP contribution in [0.15, 0.2) is 18.2 Å². The van der Waals surface area contributed by atoms with Gasteiger partial charge in [0.15, 0.2) is 0 Å². The number of hydrogen-bond donors (Lipinski definition) is 2. The molecule has 2 N–H and O–H groups in total. The molecular formula is C14H17Cl2NO3. The van der Waals surface area contributed by atoms with Crippen molar-refractivity contribution in [3.05, 3.63) is 28.2 Å².